The maximum Gasteiger partial charge on any atom is 0.220 e. The summed E-state index contributed by atoms with van der Waals surface area (Å²) in [5.74, 6) is 0.0784. The van der Waals surface area contributed by atoms with Crippen molar-refractivity contribution in [3.63, 3.8) is 0 Å². The van der Waals surface area contributed by atoms with Gasteiger partial charge in [0.05, 0.1) is 6.61 Å². The Morgan fingerprint density at radius 2 is 1.70 bits per heavy atom. The molecular weight excluding hydrogens is 286 g/mol. The number of aliphatic hydroxyl groups excluding tert-OH is 1. The van der Waals surface area contributed by atoms with Gasteiger partial charge < -0.3 is 10.4 Å². The first-order valence-electron chi connectivity index (χ1n) is 7.95. The van der Waals surface area contributed by atoms with Gasteiger partial charge in [0.25, 0.3) is 0 Å². The average Bonchev–Trinajstić information content (AvgIpc) is 2.60. The maximum absolute atomic E-state index is 11.8. The lowest BCUT2D eigenvalue weighted by Crippen LogP contribution is -2.25. The first kappa shape index (κ1) is 17.0. The van der Waals surface area contributed by atoms with E-state index in [-0.39, 0.29) is 12.5 Å². The standard InChI is InChI=1S/C20H23NO2/c22-16-19-12-10-18(11-13-19)14-15-21-20(23)9-5-4-8-17-6-2-1-3-7-17/h1-4,6-8,10-13,22H,5,9,14-16H2,(H,21,23)/b8-4+. The quantitative estimate of drug-likeness (QED) is 0.786. The summed E-state index contributed by atoms with van der Waals surface area (Å²) < 4.78 is 0. The average molecular weight is 309 g/mol. The molecule has 0 atom stereocenters. The summed E-state index contributed by atoms with van der Waals surface area (Å²) in [6.45, 7) is 0.702. The fourth-order valence-corrected chi connectivity index (χ4v) is 2.24. The van der Waals surface area contributed by atoms with E-state index < -0.39 is 0 Å². The molecule has 0 aromatic heterocycles. The molecular formula is C20H23NO2. The number of benzene rings is 2. The lowest BCUT2D eigenvalue weighted by Gasteiger charge is -2.05. The molecule has 0 aliphatic carbocycles. The number of nitrogens with one attached hydrogen (secondary N) is 1. The van der Waals surface area contributed by atoms with E-state index >= 15 is 0 Å². The lowest BCUT2D eigenvalue weighted by molar-refractivity contribution is -0.120. The van der Waals surface area contributed by atoms with Crippen LogP contribution in [-0.4, -0.2) is 17.6 Å². The van der Waals surface area contributed by atoms with Crippen LogP contribution in [0.15, 0.2) is 60.7 Å². The molecule has 3 nitrogen and oxygen atoms in total. The number of allylic oxidation sites excluding steroid dienone is 1. The summed E-state index contributed by atoms with van der Waals surface area (Å²) in [5.41, 5.74) is 3.22. The van der Waals surface area contributed by atoms with Crippen molar-refractivity contribution in [2.75, 3.05) is 6.54 Å². The summed E-state index contributed by atoms with van der Waals surface area (Å²) >= 11 is 0. The second-order valence-corrected chi connectivity index (χ2v) is 5.43. The van der Waals surface area contributed by atoms with E-state index in [2.05, 4.69) is 5.32 Å². The minimum atomic E-state index is 0.0630. The normalized spacial score (nSPS) is 10.8. The van der Waals surface area contributed by atoms with Crippen LogP contribution in [0.3, 0.4) is 0 Å². The monoisotopic (exact) mass is 309 g/mol. The highest BCUT2D eigenvalue weighted by atomic mass is 16.3. The van der Waals surface area contributed by atoms with Gasteiger partial charge in [0.15, 0.2) is 0 Å². The number of hydrogen-bond donors (Lipinski definition) is 2. The highest BCUT2D eigenvalue weighted by Gasteiger charge is 2.00. The van der Waals surface area contributed by atoms with Gasteiger partial charge >= 0.3 is 0 Å². The summed E-state index contributed by atoms with van der Waals surface area (Å²) in [7, 11) is 0. The lowest BCUT2D eigenvalue weighted by atomic mass is 10.1. The summed E-state index contributed by atoms with van der Waals surface area (Å²) in [6, 6.07) is 17.9. The van der Waals surface area contributed by atoms with Crippen molar-refractivity contribution in [1.82, 2.24) is 5.32 Å². The van der Waals surface area contributed by atoms with Crippen molar-refractivity contribution in [3.05, 3.63) is 77.4 Å². The fourth-order valence-electron chi connectivity index (χ4n) is 2.24. The number of hydrogen-bond acceptors (Lipinski definition) is 2. The zero-order chi connectivity index (χ0) is 16.3. The molecule has 23 heavy (non-hydrogen) atoms. The molecule has 2 aromatic rings. The van der Waals surface area contributed by atoms with Crippen LogP contribution in [-0.2, 0) is 17.8 Å². The zero-order valence-electron chi connectivity index (χ0n) is 13.2. The van der Waals surface area contributed by atoms with Crippen LogP contribution in [0, 0.1) is 0 Å². The van der Waals surface area contributed by atoms with E-state index in [1.165, 1.54) is 0 Å². The number of aliphatic hydroxyl groups is 1. The van der Waals surface area contributed by atoms with Gasteiger partial charge in [-0.05, 0) is 29.5 Å². The molecule has 2 N–H and O–H groups in total. The van der Waals surface area contributed by atoms with Crippen molar-refractivity contribution in [2.24, 2.45) is 0 Å². The third-order valence-corrected chi connectivity index (χ3v) is 3.59. The molecule has 2 aromatic carbocycles. The highest BCUT2D eigenvalue weighted by molar-refractivity contribution is 5.76. The van der Waals surface area contributed by atoms with Gasteiger partial charge in [0, 0.05) is 13.0 Å². The fraction of sp³-hybridized carbons (Fsp3) is 0.250. The predicted molar refractivity (Wildman–Crippen MR) is 93.8 cm³/mol. The Bertz CT molecular complexity index is 618. The van der Waals surface area contributed by atoms with Gasteiger partial charge in [-0.1, -0.05) is 66.7 Å². The van der Waals surface area contributed by atoms with Crippen molar-refractivity contribution in [1.29, 1.82) is 0 Å². The van der Waals surface area contributed by atoms with E-state index in [1.54, 1.807) is 0 Å². The molecule has 0 aliphatic heterocycles. The molecule has 0 spiro atoms. The minimum Gasteiger partial charge on any atom is -0.392 e. The molecule has 0 fully saturated rings. The number of carbonyl (C=O) groups excluding carboxylic acids is 1. The molecule has 0 radical (unpaired) electrons. The second kappa shape index (κ2) is 9.59. The summed E-state index contributed by atoms with van der Waals surface area (Å²) in [5, 5.41) is 11.9. The van der Waals surface area contributed by atoms with Crippen molar-refractivity contribution in [3.8, 4) is 0 Å². The number of carbonyl (C=O) groups is 1. The Labute approximate surface area is 137 Å². The Balaban J connectivity index is 1.62. The van der Waals surface area contributed by atoms with Gasteiger partial charge in [-0.25, -0.2) is 0 Å². The minimum absolute atomic E-state index is 0.0630. The van der Waals surface area contributed by atoms with E-state index in [0.29, 0.717) is 13.0 Å². The van der Waals surface area contributed by atoms with Gasteiger partial charge in [0.2, 0.25) is 5.91 Å². The Hall–Kier alpha value is -2.39. The van der Waals surface area contributed by atoms with Crippen molar-refractivity contribution >= 4 is 12.0 Å². The van der Waals surface area contributed by atoms with Crippen LogP contribution in [0.25, 0.3) is 6.08 Å². The van der Waals surface area contributed by atoms with Crippen LogP contribution in [0.4, 0.5) is 0 Å². The number of rotatable bonds is 8. The third kappa shape index (κ3) is 6.49. The SMILES string of the molecule is O=C(CC/C=C/c1ccccc1)NCCc1ccc(CO)cc1. The molecule has 0 unspecified atom stereocenters. The zero-order valence-corrected chi connectivity index (χ0v) is 13.2. The smallest absolute Gasteiger partial charge is 0.220 e. The van der Waals surface area contributed by atoms with Gasteiger partial charge in [0.1, 0.15) is 0 Å². The van der Waals surface area contributed by atoms with Gasteiger partial charge in [-0.3, -0.25) is 4.79 Å². The summed E-state index contributed by atoms with van der Waals surface area (Å²) in [6.07, 6.45) is 6.12. The van der Waals surface area contributed by atoms with Crippen LogP contribution in [0.5, 0.6) is 0 Å². The van der Waals surface area contributed by atoms with E-state index in [1.807, 2.05) is 66.7 Å². The Kier molecular flexibility index (Phi) is 7.08. The highest BCUT2D eigenvalue weighted by Crippen LogP contribution is 2.05. The van der Waals surface area contributed by atoms with E-state index in [4.69, 9.17) is 5.11 Å². The van der Waals surface area contributed by atoms with E-state index in [0.717, 1.165) is 29.5 Å². The molecule has 2 rings (SSSR count). The second-order valence-electron chi connectivity index (χ2n) is 5.43. The summed E-state index contributed by atoms with van der Waals surface area (Å²) in [4.78, 5) is 11.8. The largest absolute Gasteiger partial charge is 0.392 e. The molecule has 0 saturated heterocycles. The topological polar surface area (TPSA) is 49.3 Å². The number of amides is 1. The molecule has 0 bridgehead atoms. The maximum atomic E-state index is 11.8. The molecule has 3 heteroatoms. The molecule has 0 aliphatic rings. The third-order valence-electron chi connectivity index (χ3n) is 3.59. The van der Waals surface area contributed by atoms with Crippen LogP contribution < -0.4 is 5.32 Å². The molecule has 1 amide bonds. The molecule has 0 heterocycles. The Morgan fingerprint density at radius 1 is 1.00 bits per heavy atom. The van der Waals surface area contributed by atoms with Gasteiger partial charge in [-0.15, -0.1) is 0 Å². The van der Waals surface area contributed by atoms with Crippen LogP contribution in [0.2, 0.25) is 0 Å². The first-order valence-corrected chi connectivity index (χ1v) is 7.95. The van der Waals surface area contributed by atoms with Gasteiger partial charge in [-0.2, -0.15) is 0 Å². The first-order chi connectivity index (χ1) is 11.3. The van der Waals surface area contributed by atoms with Crippen LogP contribution in [0.1, 0.15) is 29.5 Å². The van der Waals surface area contributed by atoms with Crippen LogP contribution >= 0.6 is 0 Å². The molecule has 0 saturated carbocycles. The van der Waals surface area contributed by atoms with Crippen molar-refractivity contribution in [2.45, 2.75) is 25.9 Å². The predicted octanol–water partition coefficient (Wildman–Crippen LogP) is 3.33. The Morgan fingerprint density at radius 3 is 2.39 bits per heavy atom. The molecule has 120 valence electrons. The van der Waals surface area contributed by atoms with E-state index in [9.17, 15) is 4.79 Å². The van der Waals surface area contributed by atoms with Crippen molar-refractivity contribution < 1.29 is 9.90 Å².